The minimum absolute atomic E-state index is 0.729. The summed E-state index contributed by atoms with van der Waals surface area (Å²) in [6, 6.07) is 0. The topological polar surface area (TPSA) is 12.0 Å². The van der Waals surface area contributed by atoms with Gasteiger partial charge in [0, 0.05) is 6.54 Å². The second kappa shape index (κ2) is 5.90. The van der Waals surface area contributed by atoms with Gasteiger partial charge < -0.3 is 5.32 Å². The summed E-state index contributed by atoms with van der Waals surface area (Å²) in [5, 5.41) is 3.36. The van der Waals surface area contributed by atoms with Gasteiger partial charge >= 0.3 is 0 Å². The molecule has 80 valence electrons. The van der Waals surface area contributed by atoms with Crippen LogP contribution in [0.5, 0.6) is 0 Å². The summed E-state index contributed by atoms with van der Waals surface area (Å²) in [6.07, 6.45) is 10.5. The number of hydrogen-bond acceptors (Lipinski definition) is 1. The largest absolute Gasteiger partial charge is 0.387 e. The van der Waals surface area contributed by atoms with Crippen molar-refractivity contribution in [2.75, 3.05) is 6.54 Å². The molecule has 1 heteroatoms. The Morgan fingerprint density at radius 2 is 2.21 bits per heavy atom. The number of rotatable bonds is 2. The maximum atomic E-state index is 3.36. The summed E-state index contributed by atoms with van der Waals surface area (Å²) in [6.45, 7) is 7.90. The minimum atomic E-state index is 0.729. The van der Waals surface area contributed by atoms with Crippen molar-refractivity contribution in [3.63, 3.8) is 0 Å². The molecule has 0 spiro atoms. The highest BCUT2D eigenvalue weighted by Crippen LogP contribution is 2.23. The highest BCUT2D eigenvalue weighted by Gasteiger charge is 2.10. The molecule has 0 aromatic rings. The lowest BCUT2D eigenvalue weighted by atomic mass is 9.90. The Bertz CT molecular complexity index is 213. The molecule has 1 N–H and O–H groups in total. The molecule has 0 bridgehead atoms. The van der Waals surface area contributed by atoms with Crippen LogP contribution in [-0.2, 0) is 0 Å². The summed E-state index contributed by atoms with van der Waals surface area (Å²) in [5.41, 5.74) is 1.59. The van der Waals surface area contributed by atoms with Gasteiger partial charge in [0.15, 0.2) is 0 Å². The van der Waals surface area contributed by atoms with Crippen LogP contribution in [-0.4, -0.2) is 6.54 Å². The van der Waals surface area contributed by atoms with E-state index >= 15 is 0 Å². The Morgan fingerprint density at radius 3 is 2.93 bits per heavy atom. The molecule has 1 aliphatic heterocycles. The lowest BCUT2D eigenvalue weighted by molar-refractivity contribution is 0.537. The molecule has 0 amide bonds. The fourth-order valence-corrected chi connectivity index (χ4v) is 1.86. The van der Waals surface area contributed by atoms with E-state index in [1.165, 1.54) is 19.3 Å². The molecule has 14 heavy (non-hydrogen) atoms. The summed E-state index contributed by atoms with van der Waals surface area (Å²) in [4.78, 5) is 0. The lowest BCUT2D eigenvalue weighted by Gasteiger charge is -2.17. The van der Waals surface area contributed by atoms with Gasteiger partial charge in [-0.3, -0.25) is 0 Å². The van der Waals surface area contributed by atoms with Crippen LogP contribution >= 0.6 is 0 Å². The van der Waals surface area contributed by atoms with Crippen LogP contribution in [0.4, 0.5) is 0 Å². The van der Waals surface area contributed by atoms with Crippen molar-refractivity contribution in [3.05, 3.63) is 23.9 Å². The SMILES string of the molecule is CC(C)C/C1=C/NC/C=C\CCC1C. The Hall–Kier alpha value is -0.720. The molecule has 0 aromatic carbocycles. The average molecular weight is 193 g/mol. The third kappa shape index (κ3) is 3.99. The van der Waals surface area contributed by atoms with E-state index in [1.54, 1.807) is 5.57 Å². The monoisotopic (exact) mass is 193 g/mol. The Kier molecular flexibility index (Phi) is 4.78. The van der Waals surface area contributed by atoms with Crippen molar-refractivity contribution < 1.29 is 0 Å². The maximum absolute atomic E-state index is 3.36. The van der Waals surface area contributed by atoms with E-state index < -0.39 is 0 Å². The van der Waals surface area contributed by atoms with Crippen molar-refractivity contribution >= 4 is 0 Å². The molecule has 1 heterocycles. The molecular formula is C13H23N. The zero-order valence-electron chi connectivity index (χ0n) is 9.72. The fraction of sp³-hybridized carbons (Fsp3) is 0.692. The Morgan fingerprint density at radius 1 is 1.43 bits per heavy atom. The van der Waals surface area contributed by atoms with E-state index in [9.17, 15) is 0 Å². The van der Waals surface area contributed by atoms with Crippen LogP contribution in [0.25, 0.3) is 0 Å². The van der Waals surface area contributed by atoms with Crippen LogP contribution in [0.2, 0.25) is 0 Å². The summed E-state index contributed by atoms with van der Waals surface area (Å²) >= 11 is 0. The van der Waals surface area contributed by atoms with E-state index in [0.717, 1.165) is 18.4 Å². The van der Waals surface area contributed by atoms with Gasteiger partial charge in [0.2, 0.25) is 0 Å². The van der Waals surface area contributed by atoms with Crippen LogP contribution in [0.15, 0.2) is 23.9 Å². The van der Waals surface area contributed by atoms with Gasteiger partial charge in [0.1, 0.15) is 0 Å². The molecule has 0 aliphatic carbocycles. The van der Waals surface area contributed by atoms with Gasteiger partial charge in [-0.2, -0.15) is 0 Å². The molecule has 0 aromatic heterocycles. The van der Waals surface area contributed by atoms with Crippen molar-refractivity contribution in [1.29, 1.82) is 0 Å². The van der Waals surface area contributed by atoms with E-state index in [1.807, 2.05) is 0 Å². The van der Waals surface area contributed by atoms with E-state index in [4.69, 9.17) is 0 Å². The molecule has 0 saturated heterocycles. The fourth-order valence-electron chi connectivity index (χ4n) is 1.86. The quantitative estimate of drug-likeness (QED) is 0.662. The van der Waals surface area contributed by atoms with E-state index in [2.05, 4.69) is 44.4 Å². The van der Waals surface area contributed by atoms with Crippen LogP contribution in [0.1, 0.15) is 40.0 Å². The van der Waals surface area contributed by atoms with Crippen LogP contribution in [0.3, 0.4) is 0 Å². The van der Waals surface area contributed by atoms with E-state index in [-0.39, 0.29) is 0 Å². The second-order valence-electron chi connectivity index (χ2n) is 4.68. The van der Waals surface area contributed by atoms with Crippen molar-refractivity contribution in [1.82, 2.24) is 5.32 Å². The molecule has 0 radical (unpaired) electrons. The molecule has 0 saturated carbocycles. The maximum Gasteiger partial charge on any atom is 0.0325 e. The second-order valence-corrected chi connectivity index (χ2v) is 4.68. The Balaban J connectivity index is 2.58. The molecule has 1 aliphatic rings. The zero-order chi connectivity index (χ0) is 10.4. The summed E-state index contributed by atoms with van der Waals surface area (Å²) in [5.74, 6) is 1.49. The standard InChI is InChI=1S/C13H23N/c1-11(2)9-13-10-14-8-6-4-5-7-12(13)3/h4,6,10-12,14H,5,7-9H2,1-3H3/b6-4-,13-10-. The van der Waals surface area contributed by atoms with Crippen molar-refractivity contribution in [2.45, 2.75) is 40.0 Å². The van der Waals surface area contributed by atoms with Crippen LogP contribution in [0, 0.1) is 11.8 Å². The molecule has 1 rings (SSSR count). The third-order valence-corrected chi connectivity index (χ3v) is 2.73. The predicted octanol–water partition coefficient (Wildman–Crippen LogP) is 3.49. The molecule has 0 fully saturated rings. The normalized spacial score (nSPS) is 29.4. The van der Waals surface area contributed by atoms with Gasteiger partial charge in [-0.15, -0.1) is 0 Å². The third-order valence-electron chi connectivity index (χ3n) is 2.73. The van der Waals surface area contributed by atoms with Gasteiger partial charge in [0.05, 0.1) is 0 Å². The van der Waals surface area contributed by atoms with Crippen molar-refractivity contribution in [3.8, 4) is 0 Å². The van der Waals surface area contributed by atoms with Crippen LogP contribution < -0.4 is 5.32 Å². The first-order chi connectivity index (χ1) is 6.70. The Labute approximate surface area is 88.3 Å². The lowest BCUT2D eigenvalue weighted by Crippen LogP contribution is -2.09. The first-order valence-electron chi connectivity index (χ1n) is 5.77. The van der Waals surface area contributed by atoms with Crippen molar-refractivity contribution in [2.24, 2.45) is 11.8 Å². The zero-order valence-corrected chi connectivity index (χ0v) is 9.72. The molecular weight excluding hydrogens is 170 g/mol. The first-order valence-corrected chi connectivity index (χ1v) is 5.77. The average Bonchev–Trinajstić information content (AvgIpc) is 2.20. The predicted molar refractivity (Wildman–Crippen MR) is 63.1 cm³/mol. The number of hydrogen-bond donors (Lipinski definition) is 1. The van der Waals surface area contributed by atoms with E-state index in [0.29, 0.717) is 0 Å². The first kappa shape index (κ1) is 11.4. The van der Waals surface area contributed by atoms with Gasteiger partial charge in [-0.1, -0.05) is 38.5 Å². The number of nitrogens with one attached hydrogen (secondary N) is 1. The minimum Gasteiger partial charge on any atom is -0.387 e. The highest BCUT2D eigenvalue weighted by atomic mass is 14.8. The highest BCUT2D eigenvalue weighted by molar-refractivity contribution is 5.07. The molecule has 1 nitrogen and oxygen atoms in total. The summed E-state index contributed by atoms with van der Waals surface area (Å²) < 4.78 is 0. The smallest absolute Gasteiger partial charge is 0.0325 e. The van der Waals surface area contributed by atoms with Gasteiger partial charge in [-0.25, -0.2) is 0 Å². The molecule has 1 unspecified atom stereocenters. The van der Waals surface area contributed by atoms with Gasteiger partial charge in [0.25, 0.3) is 0 Å². The molecule has 1 atom stereocenters. The summed E-state index contributed by atoms with van der Waals surface area (Å²) in [7, 11) is 0. The number of allylic oxidation sites excluding steroid dienone is 2. The van der Waals surface area contributed by atoms with Gasteiger partial charge in [-0.05, 0) is 37.3 Å².